The van der Waals surface area contributed by atoms with Crippen molar-refractivity contribution in [2.24, 2.45) is 11.7 Å². The van der Waals surface area contributed by atoms with Gasteiger partial charge in [0.25, 0.3) is 5.91 Å². The number of hydrogen-bond acceptors (Lipinski definition) is 5. The van der Waals surface area contributed by atoms with Crippen molar-refractivity contribution in [1.82, 2.24) is 20.1 Å². The van der Waals surface area contributed by atoms with E-state index in [0.717, 1.165) is 17.7 Å². The summed E-state index contributed by atoms with van der Waals surface area (Å²) < 4.78 is 14.8. The van der Waals surface area contributed by atoms with Gasteiger partial charge in [-0.2, -0.15) is 0 Å². The van der Waals surface area contributed by atoms with Gasteiger partial charge in [0, 0.05) is 12.6 Å². The first-order valence-corrected chi connectivity index (χ1v) is 9.31. The van der Waals surface area contributed by atoms with E-state index in [2.05, 4.69) is 15.4 Å². The maximum absolute atomic E-state index is 13.3. The molecule has 6 nitrogen and oxygen atoms in total. The van der Waals surface area contributed by atoms with E-state index in [1.807, 2.05) is 17.5 Å². The molecule has 0 aliphatic heterocycles. The summed E-state index contributed by atoms with van der Waals surface area (Å²) >= 11 is 1.50. The molecule has 8 heteroatoms. The second-order valence-corrected chi connectivity index (χ2v) is 7.23. The lowest BCUT2D eigenvalue weighted by molar-refractivity contribution is 0.0923. The molecule has 134 valence electrons. The zero-order valence-corrected chi connectivity index (χ0v) is 14.7. The zero-order valence-electron chi connectivity index (χ0n) is 13.9. The van der Waals surface area contributed by atoms with Gasteiger partial charge in [-0.25, -0.2) is 14.1 Å². The number of thiophene rings is 1. The van der Waals surface area contributed by atoms with Crippen LogP contribution in [0.15, 0.2) is 41.8 Å². The number of nitrogens with one attached hydrogen (secondary N) is 1. The predicted octanol–water partition coefficient (Wildman–Crippen LogP) is 2.60. The standard InChI is InChI=1S/C18H18FN5OS/c19-12-5-7-13(8-6-12)24-17(15-2-1-9-26-15)22-16(23-24)18(25)21-14(10-20)11-3-4-11/h1-2,5-9,11,14H,3-4,10,20H2,(H,21,25). The summed E-state index contributed by atoms with van der Waals surface area (Å²) in [7, 11) is 0. The fourth-order valence-electron chi connectivity index (χ4n) is 2.84. The Kier molecular flexibility index (Phi) is 4.52. The van der Waals surface area contributed by atoms with E-state index in [1.165, 1.54) is 23.5 Å². The molecule has 2 aromatic heterocycles. The van der Waals surface area contributed by atoms with Crippen LogP contribution in [0.2, 0.25) is 0 Å². The first-order valence-electron chi connectivity index (χ1n) is 8.43. The Bertz CT molecular complexity index is 902. The minimum atomic E-state index is -0.342. The van der Waals surface area contributed by atoms with Crippen molar-refractivity contribution < 1.29 is 9.18 Å². The minimum Gasteiger partial charge on any atom is -0.345 e. The summed E-state index contributed by atoms with van der Waals surface area (Å²) in [4.78, 5) is 17.9. The third-order valence-electron chi connectivity index (χ3n) is 4.38. The number of hydrogen-bond donors (Lipinski definition) is 2. The van der Waals surface area contributed by atoms with Crippen molar-refractivity contribution in [2.75, 3.05) is 6.54 Å². The lowest BCUT2D eigenvalue weighted by Gasteiger charge is -2.14. The third kappa shape index (κ3) is 3.38. The smallest absolute Gasteiger partial charge is 0.291 e. The van der Waals surface area contributed by atoms with Gasteiger partial charge < -0.3 is 11.1 Å². The first-order chi connectivity index (χ1) is 12.7. The fourth-order valence-corrected chi connectivity index (χ4v) is 3.54. The average Bonchev–Trinajstić information content (AvgIpc) is 3.17. The SMILES string of the molecule is NCC(NC(=O)c1nc(-c2cccs2)n(-c2ccc(F)cc2)n1)C1CC1. The molecule has 4 rings (SSSR count). The van der Waals surface area contributed by atoms with Gasteiger partial charge in [0.05, 0.1) is 10.6 Å². The quantitative estimate of drug-likeness (QED) is 0.697. The molecule has 1 saturated carbocycles. The van der Waals surface area contributed by atoms with E-state index in [9.17, 15) is 9.18 Å². The Labute approximate surface area is 153 Å². The van der Waals surface area contributed by atoms with E-state index in [0.29, 0.717) is 24.0 Å². The third-order valence-corrected chi connectivity index (χ3v) is 5.25. The molecule has 1 unspecified atom stereocenters. The summed E-state index contributed by atoms with van der Waals surface area (Å²) in [6.07, 6.45) is 2.17. The molecule has 26 heavy (non-hydrogen) atoms. The molecule has 1 aromatic carbocycles. The van der Waals surface area contributed by atoms with E-state index in [4.69, 9.17) is 5.73 Å². The van der Waals surface area contributed by atoms with Crippen molar-refractivity contribution in [3.05, 3.63) is 53.4 Å². The Balaban J connectivity index is 1.69. The highest BCUT2D eigenvalue weighted by molar-refractivity contribution is 7.13. The van der Waals surface area contributed by atoms with Crippen LogP contribution in [0.3, 0.4) is 0 Å². The predicted molar refractivity (Wildman–Crippen MR) is 97.7 cm³/mol. The Morgan fingerprint density at radius 3 is 2.73 bits per heavy atom. The molecule has 1 aliphatic carbocycles. The normalized spacial score (nSPS) is 15.0. The van der Waals surface area contributed by atoms with Gasteiger partial charge in [0.15, 0.2) is 5.82 Å². The largest absolute Gasteiger partial charge is 0.345 e. The monoisotopic (exact) mass is 371 g/mol. The molecule has 1 fully saturated rings. The van der Waals surface area contributed by atoms with Gasteiger partial charge >= 0.3 is 0 Å². The molecular formula is C18H18FN5OS. The second kappa shape index (κ2) is 6.97. The number of benzene rings is 1. The van der Waals surface area contributed by atoms with Gasteiger partial charge in [0.1, 0.15) is 5.82 Å². The number of nitrogens with zero attached hydrogens (tertiary/aromatic N) is 3. The molecule has 2 heterocycles. The Hall–Kier alpha value is -2.58. The topological polar surface area (TPSA) is 85.8 Å². The number of carbonyl (C=O) groups excluding carboxylic acids is 1. The van der Waals surface area contributed by atoms with E-state index in [-0.39, 0.29) is 23.6 Å². The number of rotatable bonds is 6. The van der Waals surface area contributed by atoms with Gasteiger partial charge in [-0.05, 0) is 54.5 Å². The van der Waals surface area contributed by atoms with Gasteiger partial charge in [-0.3, -0.25) is 4.79 Å². The molecule has 1 atom stereocenters. The number of halogens is 1. The van der Waals surface area contributed by atoms with E-state index >= 15 is 0 Å². The number of carbonyl (C=O) groups is 1. The molecule has 3 N–H and O–H groups in total. The highest BCUT2D eigenvalue weighted by Gasteiger charge is 2.32. The highest BCUT2D eigenvalue weighted by Crippen LogP contribution is 2.32. The summed E-state index contributed by atoms with van der Waals surface area (Å²) in [5, 5.41) is 9.23. The number of aromatic nitrogens is 3. The summed E-state index contributed by atoms with van der Waals surface area (Å²) in [5.74, 6) is 0.398. The molecule has 1 amide bonds. The molecule has 0 saturated heterocycles. The average molecular weight is 371 g/mol. The molecule has 0 radical (unpaired) electrons. The summed E-state index contributed by atoms with van der Waals surface area (Å²) in [5.41, 5.74) is 6.40. The van der Waals surface area contributed by atoms with Crippen LogP contribution < -0.4 is 11.1 Å². The summed E-state index contributed by atoms with van der Waals surface area (Å²) in [6.45, 7) is 0.396. The van der Waals surface area contributed by atoms with Crippen LogP contribution >= 0.6 is 11.3 Å². The van der Waals surface area contributed by atoms with Gasteiger partial charge in [-0.1, -0.05) is 6.07 Å². The van der Waals surface area contributed by atoms with Crippen LogP contribution in [-0.4, -0.2) is 33.3 Å². The molecule has 1 aliphatic rings. The van der Waals surface area contributed by atoms with Crippen molar-refractivity contribution in [1.29, 1.82) is 0 Å². The van der Waals surface area contributed by atoms with Crippen LogP contribution in [0.25, 0.3) is 16.4 Å². The minimum absolute atomic E-state index is 0.0505. The maximum Gasteiger partial charge on any atom is 0.291 e. The van der Waals surface area contributed by atoms with Crippen LogP contribution in [0.1, 0.15) is 23.5 Å². The molecular weight excluding hydrogens is 353 g/mol. The lowest BCUT2D eigenvalue weighted by Crippen LogP contribution is -2.42. The number of nitrogens with two attached hydrogens (primary N) is 1. The van der Waals surface area contributed by atoms with E-state index < -0.39 is 0 Å². The van der Waals surface area contributed by atoms with Gasteiger partial charge in [-0.15, -0.1) is 16.4 Å². The molecule has 0 spiro atoms. The highest BCUT2D eigenvalue weighted by atomic mass is 32.1. The van der Waals surface area contributed by atoms with Crippen molar-refractivity contribution in [3.63, 3.8) is 0 Å². The summed E-state index contributed by atoms with van der Waals surface area (Å²) in [6, 6.07) is 9.68. The van der Waals surface area contributed by atoms with Crippen LogP contribution in [-0.2, 0) is 0 Å². The second-order valence-electron chi connectivity index (χ2n) is 6.28. The Morgan fingerprint density at radius 1 is 1.35 bits per heavy atom. The van der Waals surface area contributed by atoms with Crippen LogP contribution in [0, 0.1) is 11.7 Å². The fraction of sp³-hybridized carbons (Fsp3) is 0.278. The lowest BCUT2D eigenvalue weighted by atomic mass is 10.2. The van der Waals surface area contributed by atoms with Crippen LogP contribution in [0.4, 0.5) is 4.39 Å². The number of amides is 1. The molecule has 0 bridgehead atoms. The van der Waals surface area contributed by atoms with Crippen molar-refractivity contribution >= 4 is 17.2 Å². The Morgan fingerprint density at radius 2 is 2.12 bits per heavy atom. The van der Waals surface area contributed by atoms with Gasteiger partial charge in [0.2, 0.25) is 5.82 Å². The maximum atomic E-state index is 13.3. The zero-order chi connectivity index (χ0) is 18.1. The molecule has 3 aromatic rings. The first kappa shape index (κ1) is 16.9. The van der Waals surface area contributed by atoms with Crippen molar-refractivity contribution in [3.8, 4) is 16.4 Å². The van der Waals surface area contributed by atoms with Crippen molar-refractivity contribution in [2.45, 2.75) is 18.9 Å². The van der Waals surface area contributed by atoms with Crippen LogP contribution in [0.5, 0.6) is 0 Å². The van der Waals surface area contributed by atoms with E-state index in [1.54, 1.807) is 16.8 Å².